The number of rotatable bonds is 1. The molecule has 0 aliphatic carbocycles. The van der Waals surface area contributed by atoms with Crippen LogP contribution >= 0.6 is 0 Å². The third-order valence-corrected chi connectivity index (χ3v) is 3.08. The fourth-order valence-electron chi connectivity index (χ4n) is 2.11. The van der Waals surface area contributed by atoms with E-state index in [-0.39, 0.29) is 11.7 Å². The number of anilines is 2. The van der Waals surface area contributed by atoms with E-state index in [0.717, 1.165) is 18.8 Å². The average molecular weight is 221 g/mol. The standard InChI is InChI=1S/C11H12FN3O/c12-8-2-1-3-9-11(8)14-10(16)6-15(9)7-4-13-5-7/h1-3,7,13H,4-6H2,(H,14,16). The summed E-state index contributed by atoms with van der Waals surface area (Å²) in [6.07, 6.45) is 0. The van der Waals surface area contributed by atoms with Crippen LogP contribution < -0.4 is 15.5 Å². The van der Waals surface area contributed by atoms with E-state index >= 15 is 0 Å². The monoisotopic (exact) mass is 221 g/mol. The number of para-hydroxylation sites is 1. The van der Waals surface area contributed by atoms with Crippen molar-refractivity contribution in [1.29, 1.82) is 0 Å². The van der Waals surface area contributed by atoms with Crippen molar-refractivity contribution < 1.29 is 9.18 Å². The summed E-state index contributed by atoms with van der Waals surface area (Å²) in [5, 5.41) is 5.74. The maximum atomic E-state index is 13.5. The maximum Gasteiger partial charge on any atom is 0.244 e. The minimum Gasteiger partial charge on any atom is -0.355 e. The molecule has 1 fully saturated rings. The van der Waals surface area contributed by atoms with Gasteiger partial charge in [-0.05, 0) is 12.1 Å². The predicted molar refractivity (Wildman–Crippen MR) is 59.0 cm³/mol. The summed E-state index contributed by atoms with van der Waals surface area (Å²) in [6, 6.07) is 5.18. The molecule has 1 aromatic carbocycles. The fourth-order valence-corrected chi connectivity index (χ4v) is 2.11. The molecule has 0 spiro atoms. The fraction of sp³-hybridized carbons (Fsp3) is 0.364. The summed E-state index contributed by atoms with van der Waals surface area (Å²) in [5.41, 5.74) is 1.09. The Morgan fingerprint density at radius 1 is 1.38 bits per heavy atom. The van der Waals surface area contributed by atoms with E-state index in [2.05, 4.69) is 10.6 Å². The lowest BCUT2D eigenvalue weighted by Crippen LogP contribution is -2.60. The Kier molecular flexibility index (Phi) is 2.07. The number of nitrogens with one attached hydrogen (secondary N) is 2. The van der Waals surface area contributed by atoms with Crippen molar-refractivity contribution in [1.82, 2.24) is 5.32 Å². The molecule has 3 rings (SSSR count). The molecule has 2 aliphatic rings. The summed E-state index contributed by atoms with van der Waals surface area (Å²) in [7, 11) is 0. The highest BCUT2D eigenvalue weighted by molar-refractivity contribution is 6.01. The molecule has 1 aromatic rings. The lowest BCUT2D eigenvalue weighted by Gasteiger charge is -2.42. The topological polar surface area (TPSA) is 44.4 Å². The van der Waals surface area contributed by atoms with Crippen LogP contribution in [-0.2, 0) is 4.79 Å². The van der Waals surface area contributed by atoms with Crippen LogP contribution in [0.3, 0.4) is 0 Å². The zero-order valence-corrected chi connectivity index (χ0v) is 8.66. The van der Waals surface area contributed by atoms with Gasteiger partial charge in [-0.3, -0.25) is 4.79 Å². The predicted octanol–water partition coefficient (Wildman–Crippen LogP) is 0.556. The van der Waals surface area contributed by atoms with Crippen LogP contribution in [0.25, 0.3) is 0 Å². The maximum absolute atomic E-state index is 13.5. The summed E-state index contributed by atoms with van der Waals surface area (Å²) in [6.45, 7) is 2.01. The van der Waals surface area contributed by atoms with Gasteiger partial charge in [0.05, 0.1) is 18.3 Å². The molecule has 0 unspecified atom stereocenters. The van der Waals surface area contributed by atoms with E-state index in [0.29, 0.717) is 18.3 Å². The molecule has 2 aliphatic heterocycles. The molecule has 16 heavy (non-hydrogen) atoms. The average Bonchev–Trinajstić information content (AvgIpc) is 2.17. The first-order chi connectivity index (χ1) is 7.75. The van der Waals surface area contributed by atoms with E-state index < -0.39 is 0 Å². The van der Waals surface area contributed by atoms with Crippen LogP contribution in [0.2, 0.25) is 0 Å². The Balaban J connectivity index is 2.03. The lowest BCUT2D eigenvalue weighted by molar-refractivity contribution is -0.115. The second kappa shape index (κ2) is 3.45. The highest BCUT2D eigenvalue weighted by Gasteiger charge is 2.32. The van der Waals surface area contributed by atoms with Crippen molar-refractivity contribution in [2.75, 3.05) is 29.9 Å². The molecule has 0 aromatic heterocycles. The molecule has 5 heteroatoms. The molecule has 84 valence electrons. The smallest absolute Gasteiger partial charge is 0.244 e. The second-order valence-corrected chi connectivity index (χ2v) is 4.12. The minimum absolute atomic E-state index is 0.149. The highest BCUT2D eigenvalue weighted by atomic mass is 19.1. The number of carbonyl (C=O) groups is 1. The Hall–Kier alpha value is -1.62. The van der Waals surface area contributed by atoms with Gasteiger partial charge >= 0.3 is 0 Å². The third kappa shape index (κ3) is 1.36. The highest BCUT2D eigenvalue weighted by Crippen LogP contribution is 2.33. The summed E-state index contributed by atoms with van der Waals surface area (Å²) in [4.78, 5) is 13.5. The zero-order chi connectivity index (χ0) is 11.1. The number of fused-ring (bicyclic) bond motifs is 1. The molecule has 4 nitrogen and oxygen atoms in total. The molecule has 2 heterocycles. The van der Waals surface area contributed by atoms with Crippen molar-refractivity contribution >= 4 is 17.3 Å². The first-order valence-corrected chi connectivity index (χ1v) is 5.31. The van der Waals surface area contributed by atoms with Gasteiger partial charge in [-0.2, -0.15) is 0 Å². The van der Waals surface area contributed by atoms with Gasteiger partial charge in [-0.15, -0.1) is 0 Å². The summed E-state index contributed by atoms with van der Waals surface area (Å²) >= 11 is 0. The van der Waals surface area contributed by atoms with Gasteiger partial charge < -0.3 is 15.5 Å². The van der Waals surface area contributed by atoms with Crippen molar-refractivity contribution in [3.63, 3.8) is 0 Å². The molecule has 2 N–H and O–H groups in total. The quantitative estimate of drug-likeness (QED) is 0.728. The van der Waals surface area contributed by atoms with E-state index in [1.54, 1.807) is 6.07 Å². The number of benzene rings is 1. The van der Waals surface area contributed by atoms with Crippen molar-refractivity contribution in [2.45, 2.75) is 6.04 Å². The number of halogens is 1. The molecule has 1 saturated heterocycles. The van der Waals surface area contributed by atoms with E-state index in [1.165, 1.54) is 6.07 Å². The van der Waals surface area contributed by atoms with Crippen LogP contribution in [0.15, 0.2) is 18.2 Å². The molecule has 0 radical (unpaired) electrons. The molecular formula is C11H12FN3O. The molecule has 0 bridgehead atoms. The number of nitrogens with zero attached hydrogens (tertiary/aromatic N) is 1. The summed E-state index contributed by atoms with van der Waals surface area (Å²) < 4.78 is 13.5. The normalized spacial score (nSPS) is 20.1. The number of hydrogen-bond acceptors (Lipinski definition) is 3. The van der Waals surface area contributed by atoms with Gasteiger partial charge in [-0.25, -0.2) is 4.39 Å². The number of carbonyl (C=O) groups excluding carboxylic acids is 1. The van der Waals surface area contributed by atoms with Crippen molar-refractivity contribution in [3.05, 3.63) is 24.0 Å². The summed E-state index contributed by atoms with van der Waals surface area (Å²) in [5.74, 6) is -0.521. The first-order valence-electron chi connectivity index (χ1n) is 5.31. The van der Waals surface area contributed by atoms with Crippen molar-refractivity contribution in [3.8, 4) is 0 Å². The SMILES string of the molecule is O=C1CN(C2CNC2)c2cccc(F)c2N1. The van der Waals surface area contributed by atoms with Gasteiger partial charge in [0.1, 0.15) is 11.5 Å². The largest absolute Gasteiger partial charge is 0.355 e. The van der Waals surface area contributed by atoms with Crippen LogP contribution in [0.4, 0.5) is 15.8 Å². The van der Waals surface area contributed by atoms with Crippen molar-refractivity contribution in [2.24, 2.45) is 0 Å². The van der Waals surface area contributed by atoms with Crippen LogP contribution in [0.5, 0.6) is 0 Å². The second-order valence-electron chi connectivity index (χ2n) is 4.12. The van der Waals surface area contributed by atoms with E-state index in [1.807, 2.05) is 11.0 Å². The first kappa shape index (κ1) is 9.59. The van der Waals surface area contributed by atoms with Gasteiger partial charge in [0.2, 0.25) is 5.91 Å². The van der Waals surface area contributed by atoms with Gasteiger partial charge in [0.15, 0.2) is 0 Å². The van der Waals surface area contributed by atoms with Gasteiger partial charge in [0, 0.05) is 13.1 Å². The zero-order valence-electron chi connectivity index (χ0n) is 8.66. The van der Waals surface area contributed by atoms with E-state index in [4.69, 9.17) is 0 Å². The molecule has 1 amide bonds. The molecule has 0 saturated carbocycles. The number of amides is 1. The van der Waals surface area contributed by atoms with Crippen LogP contribution in [0.1, 0.15) is 0 Å². The number of hydrogen-bond donors (Lipinski definition) is 2. The van der Waals surface area contributed by atoms with Gasteiger partial charge in [-0.1, -0.05) is 6.07 Å². The van der Waals surface area contributed by atoms with Gasteiger partial charge in [0.25, 0.3) is 0 Å². The Bertz CT molecular complexity index is 445. The lowest BCUT2D eigenvalue weighted by atomic mass is 10.1. The molecule has 0 atom stereocenters. The Morgan fingerprint density at radius 3 is 2.88 bits per heavy atom. The Labute approximate surface area is 92.4 Å². The minimum atomic E-state index is -0.372. The van der Waals surface area contributed by atoms with E-state index in [9.17, 15) is 9.18 Å². The van der Waals surface area contributed by atoms with Crippen LogP contribution in [0, 0.1) is 5.82 Å². The van der Waals surface area contributed by atoms with Crippen LogP contribution in [-0.4, -0.2) is 31.6 Å². The third-order valence-electron chi connectivity index (χ3n) is 3.08. The molecular weight excluding hydrogens is 209 g/mol. The Morgan fingerprint density at radius 2 is 2.19 bits per heavy atom.